The number of rotatable bonds is 8. The number of hydrogen-bond donors (Lipinski definition) is 2. The van der Waals surface area contributed by atoms with Crippen LogP contribution in [0.15, 0.2) is 24.3 Å². The van der Waals surface area contributed by atoms with Crippen molar-refractivity contribution >= 4 is 23.4 Å². The Morgan fingerprint density at radius 2 is 1.68 bits per heavy atom. The topological polar surface area (TPSA) is 81.8 Å². The van der Waals surface area contributed by atoms with Crippen molar-refractivity contribution in [3.8, 4) is 0 Å². The van der Waals surface area contributed by atoms with E-state index in [1.54, 1.807) is 18.2 Å². The number of anilines is 1. The highest BCUT2D eigenvalue weighted by Gasteiger charge is 2.31. The van der Waals surface area contributed by atoms with Crippen molar-refractivity contribution < 1.29 is 14.4 Å². The fourth-order valence-corrected chi connectivity index (χ4v) is 4.23. The quantitative estimate of drug-likeness (QED) is 0.667. The second kappa shape index (κ2) is 9.81. The van der Waals surface area contributed by atoms with E-state index in [0.717, 1.165) is 19.4 Å². The van der Waals surface area contributed by atoms with E-state index in [-0.39, 0.29) is 35.0 Å². The van der Waals surface area contributed by atoms with Crippen LogP contribution in [0.5, 0.6) is 0 Å². The van der Waals surface area contributed by atoms with Gasteiger partial charge in [0, 0.05) is 49.3 Å². The lowest BCUT2D eigenvalue weighted by Gasteiger charge is -2.33. The van der Waals surface area contributed by atoms with Gasteiger partial charge in [0.25, 0.3) is 5.91 Å². The van der Waals surface area contributed by atoms with Gasteiger partial charge in [-0.15, -0.1) is 0 Å². The third kappa shape index (κ3) is 6.79. The van der Waals surface area contributed by atoms with Crippen LogP contribution in [0.4, 0.5) is 5.69 Å². The average molecular weight is 429 g/mol. The Bertz CT molecular complexity index is 809. The van der Waals surface area contributed by atoms with Crippen LogP contribution >= 0.6 is 0 Å². The predicted octanol–water partition coefficient (Wildman–Crippen LogP) is 2.59. The van der Waals surface area contributed by atoms with Crippen LogP contribution in [0.25, 0.3) is 0 Å². The molecule has 0 atom stereocenters. The van der Waals surface area contributed by atoms with Gasteiger partial charge < -0.3 is 20.4 Å². The molecule has 2 aliphatic rings. The van der Waals surface area contributed by atoms with Gasteiger partial charge in [-0.25, -0.2) is 0 Å². The summed E-state index contributed by atoms with van der Waals surface area (Å²) in [6.45, 7) is 6.97. The summed E-state index contributed by atoms with van der Waals surface area (Å²) >= 11 is 0. The van der Waals surface area contributed by atoms with Crippen LogP contribution in [0.3, 0.4) is 0 Å². The Balaban J connectivity index is 1.48. The molecule has 0 unspecified atom stereocenters. The van der Waals surface area contributed by atoms with Gasteiger partial charge in [-0.1, -0.05) is 19.9 Å². The Kier molecular flexibility index (Phi) is 7.36. The number of carbonyl (C=O) groups is 3. The summed E-state index contributed by atoms with van der Waals surface area (Å²) in [6, 6.07) is 7.13. The molecule has 1 aliphatic heterocycles. The predicted molar refractivity (Wildman–Crippen MR) is 122 cm³/mol. The summed E-state index contributed by atoms with van der Waals surface area (Å²) < 4.78 is 0. The van der Waals surface area contributed by atoms with Crippen molar-refractivity contribution in [1.82, 2.24) is 15.1 Å². The van der Waals surface area contributed by atoms with E-state index >= 15 is 0 Å². The standard InChI is InChI=1S/C24H36N4O3/c1-24(2,16-27(3)4)15-25-21(29)18-10-12-28(13-11-18)23(31)19-6-5-7-20(14-19)26-22(30)17-8-9-17/h5-7,14,17-18H,8-13,15-16H2,1-4H3,(H,25,29)(H,26,30). The Hall–Kier alpha value is -2.41. The molecule has 170 valence electrons. The number of amides is 3. The maximum Gasteiger partial charge on any atom is 0.253 e. The van der Waals surface area contributed by atoms with E-state index in [2.05, 4.69) is 29.4 Å². The summed E-state index contributed by atoms with van der Waals surface area (Å²) in [6.07, 6.45) is 3.23. The Morgan fingerprint density at radius 1 is 1.03 bits per heavy atom. The highest BCUT2D eigenvalue weighted by atomic mass is 16.2. The van der Waals surface area contributed by atoms with E-state index in [1.807, 2.05) is 25.1 Å². The normalized spacial score (nSPS) is 17.5. The average Bonchev–Trinajstić information content (AvgIpc) is 3.56. The van der Waals surface area contributed by atoms with Crippen molar-refractivity contribution in [3.05, 3.63) is 29.8 Å². The largest absolute Gasteiger partial charge is 0.355 e. The number of hydrogen-bond acceptors (Lipinski definition) is 4. The van der Waals surface area contributed by atoms with Crippen molar-refractivity contribution in [2.45, 2.75) is 39.5 Å². The molecule has 1 heterocycles. The van der Waals surface area contributed by atoms with Crippen LogP contribution < -0.4 is 10.6 Å². The van der Waals surface area contributed by atoms with Crippen molar-refractivity contribution in [3.63, 3.8) is 0 Å². The lowest BCUT2D eigenvalue weighted by molar-refractivity contribution is -0.126. The monoisotopic (exact) mass is 428 g/mol. The molecule has 3 rings (SSSR count). The first-order valence-corrected chi connectivity index (χ1v) is 11.3. The van der Waals surface area contributed by atoms with E-state index in [9.17, 15) is 14.4 Å². The number of benzene rings is 1. The molecular formula is C24H36N4O3. The van der Waals surface area contributed by atoms with Crippen LogP contribution in [0.2, 0.25) is 0 Å². The minimum absolute atomic E-state index is 0.00969. The second-order valence-electron chi connectivity index (χ2n) is 10.0. The van der Waals surface area contributed by atoms with E-state index in [4.69, 9.17) is 0 Å². The molecule has 2 fully saturated rings. The van der Waals surface area contributed by atoms with Crippen LogP contribution in [-0.2, 0) is 9.59 Å². The maximum absolute atomic E-state index is 12.9. The number of likely N-dealkylation sites (tertiary alicyclic amines) is 1. The van der Waals surface area contributed by atoms with Gasteiger partial charge >= 0.3 is 0 Å². The zero-order valence-electron chi connectivity index (χ0n) is 19.2. The van der Waals surface area contributed by atoms with Crippen LogP contribution in [0, 0.1) is 17.3 Å². The summed E-state index contributed by atoms with van der Waals surface area (Å²) in [5, 5.41) is 6.00. The second-order valence-corrected chi connectivity index (χ2v) is 10.0. The third-order valence-electron chi connectivity index (χ3n) is 5.96. The number of nitrogens with zero attached hydrogens (tertiary/aromatic N) is 2. The fraction of sp³-hybridized carbons (Fsp3) is 0.625. The van der Waals surface area contributed by atoms with Crippen LogP contribution in [-0.4, -0.2) is 67.8 Å². The van der Waals surface area contributed by atoms with Gasteiger partial charge in [-0.05, 0) is 63.4 Å². The lowest BCUT2D eigenvalue weighted by atomic mass is 9.91. The fourth-order valence-electron chi connectivity index (χ4n) is 4.23. The van der Waals surface area contributed by atoms with Crippen molar-refractivity contribution in [2.24, 2.45) is 17.3 Å². The molecule has 3 amide bonds. The Morgan fingerprint density at radius 3 is 2.29 bits per heavy atom. The molecular weight excluding hydrogens is 392 g/mol. The van der Waals surface area contributed by atoms with Gasteiger partial charge in [0.1, 0.15) is 0 Å². The summed E-state index contributed by atoms with van der Waals surface area (Å²) in [5.74, 6) is 0.142. The van der Waals surface area contributed by atoms with Gasteiger partial charge in [-0.3, -0.25) is 14.4 Å². The van der Waals surface area contributed by atoms with Gasteiger partial charge in [-0.2, -0.15) is 0 Å². The molecule has 1 aromatic carbocycles. The molecule has 7 nitrogen and oxygen atoms in total. The molecule has 0 radical (unpaired) electrons. The van der Waals surface area contributed by atoms with E-state index in [0.29, 0.717) is 43.7 Å². The summed E-state index contributed by atoms with van der Waals surface area (Å²) in [4.78, 5) is 41.5. The third-order valence-corrected chi connectivity index (χ3v) is 5.96. The van der Waals surface area contributed by atoms with Gasteiger partial charge in [0.05, 0.1) is 0 Å². The number of nitrogens with one attached hydrogen (secondary N) is 2. The smallest absolute Gasteiger partial charge is 0.253 e. The molecule has 31 heavy (non-hydrogen) atoms. The summed E-state index contributed by atoms with van der Waals surface area (Å²) in [7, 11) is 4.07. The van der Waals surface area contributed by atoms with E-state index in [1.165, 1.54) is 0 Å². The minimum atomic E-state index is -0.0524. The molecule has 1 saturated carbocycles. The SMILES string of the molecule is CN(C)CC(C)(C)CNC(=O)C1CCN(C(=O)c2cccc(NC(=O)C3CC3)c2)CC1. The number of carbonyl (C=O) groups excluding carboxylic acids is 3. The lowest BCUT2D eigenvalue weighted by Crippen LogP contribution is -2.46. The van der Waals surface area contributed by atoms with Crippen LogP contribution in [0.1, 0.15) is 49.9 Å². The van der Waals surface area contributed by atoms with Gasteiger partial charge in [0.15, 0.2) is 0 Å². The number of piperidine rings is 1. The zero-order valence-corrected chi connectivity index (χ0v) is 19.2. The zero-order chi connectivity index (χ0) is 22.6. The molecule has 1 saturated heterocycles. The molecule has 1 aromatic rings. The molecule has 7 heteroatoms. The molecule has 0 aromatic heterocycles. The highest BCUT2D eigenvalue weighted by molar-refractivity contribution is 5.98. The molecule has 1 aliphatic carbocycles. The molecule has 0 spiro atoms. The molecule has 0 bridgehead atoms. The Labute approximate surface area is 185 Å². The first kappa shape index (κ1) is 23.3. The summed E-state index contributed by atoms with van der Waals surface area (Å²) in [5.41, 5.74) is 1.25. The van der Waals surface area contributed by atoms with Crippen molar-refractivity contribution in [2.75, 3.05) is 45.6 Å². The first-order valence-electron chi connectivity index (χ1n) is 11.3. The minimum Gasteiger partial charge on any atom is -0.355 e. The molecule has 2 N–H and O–H groups in total. The maximum atomic E-state index is 12.9. The van der Waals surface area contributed by atoms with Crippen molar-refractivity contribution in [1.29, 1.82) is 0 Å². The highest BCUT2D eigenvalue weighted by Crippen LogP contribution is 2.30. The van der Waals surface area contributed by atoms with E-state index < -0.39 is 0 Å². The van der Waals surface area contributed by atoms with Gasteiger partial charge in [0.2, 0.25) is 11.8 Å². The first-order chi connectivity index (χ1) is 14.6.